The van der Waals surface area contributed by atoms with Crippen molar-refractivity contribution < 1.29 is 28.3 Å². The summed E-state index contributed by atoms with van der Waals surface area (Å²) in [4.78, 5) is 57.3. The standard InChI is InChI=1S/C18H20BrN3O5.C13H10BrN3O2/c1-17(2,3)18(6-7-22(18)16(25)26)15(24)21-12-10-8-9(19)4-5-11(10)27-13(12)14(20)23;14-6-1-2-9-7(5-6)10-11(19-9)13(18)17-12(16-10)8-3-4-15-8/h4-5,8H,6-7H2,1-3H3,(H2,20,23)(H,21,24)(H,25,26);1-2,5,8,15H,3-4H2,(H,16,17,18)/t;8-/m.0/s1. The Morgan fingerprint density at radius 1 is 1.09 bits per heavy atom. The highest BCUT2D eigenvalue weighted by Gasteiger charge is 2.60. The number of nitrogens with two attached hydrogens (primary N) is 1. The maximum absolute atomic E-state index is 13.3. The van der Waals surface area contributed by atoms with E-state index in [0.717, 1.165) is 32.2 Å². The van der Waals surface area contributed by atoms with Crippen LogP contribution in [0.1, 0.15) is 56.0 Å². The molecule has 240 valence electrons. The second-order valence-electron chi connectivity index (χ2n) is 12.2. The molecule has 2 aliphatic heterocycles. The van der Waals surface area contributed by atoms with Gasteiger partial charge in [-0.25, -0.2) is 9.78 Å². The lowest BCUT2D eigenvalue weighted by atomic mass is 9.65. The van der Waals surface area contributed by atoms with Gasteiger partial charge in [0.05, 0.1) is 6.04 Å². The fourth-order valence-electron chi connectivity index (χ4n) is 5.98. The van der Waals surface area contributed by atoms with Gasteiger partial charge in [-0.3, -0.25) is 19.3 Å². The summed E-state index contributed by atoms with van der Waals surface area (Å²) in [5.74, 6) is -0.840. The molecule has 2 aliphatic rings. The highest BCUT2D eigenvalue weighted by atomic mass is 79.9. The number of furan rings is 2. The number of carboxylic acid groups (broad SMARTS) is 1. The number of carbonyl (C=O) groups excluding carboxylic acids is 2. The molecular weight excluding hydrogens is 728 g/mol. The second kappa shape index (κ2) is 11.5. The van der Waals surface area contributed by atoms with Crippen LogP contribution in [0.25, 0.3) is 33.0 Å². The van der Waals surface area contributed by atoms with Gasteiger partial charge in [0, 0.05) is 26.3 Å². The second-order valence-corrected chi connectivity index (χ2v) is 14.1. The van der Waals surface area contributed by atoms with E-state index in [1.54, 1.807) is 39.0 Å². The Bertz CT molecular complexity index is 2110. The van der Waals surface area contributed by atoms with Crippen LogP contribution >= 0.6 is 31.9 Å². The van der Waals surface area contributed by atoms with E-state index in [1.165, 1.54) is 0 Å². The van der Waals surface area contributed by atoms with Crippen LogP contribution in [0.3, 0.4) is 0 Å². The molecule has 0 radical (unpaired) electrons. The van der Waals surface area contributed by atoms with Gasteiger partial charge in [0.15, 0.2) is 0 Å². The highest BCUT2D eigenvalue weighted by molar-refractivity contribution is 9.10. The zero-order chi connectivity index (χ0) is 33.1. The lowest BCUT2D eigenvalue weighted by Gasteiger charge is -2.56. The molecule has 13 nitrogen and oxygen atoms in total. The van der Waals surface area contributed by atoms with E-state index in [1.807, 2.05) is 18.2 Å². The van der Waals surface area contributed by atoms with Crippen molar-refractivity contribution in [3.05, 3.63) is 67.3 Å². The van der Waals surface area contributed by atoms with E-state index in [9.17, 15) is 24.3 Å². The number of fused-ring (bicyclic) bond motifs is 4. The number of carbonyl (C=O) groups is 3. The topological polar surface area (TPSA) is 197 Å². The molecule has 46 heavy (non-hydrogen) atoms. The number of aromatic amines is 1. The fourth-order valence-corrected chi connectivity index (χ4v) is 6.70. The number of likely N-dealkylation sites (tertiary alicyclic amines) is 1. The molecule has 3 amide bonds. The summed E-state index contributed by atoms with van der Waals surface area (Å²) in [6.07, 6.45) is 0.203. The smallest absolute Gasteiger partial charge is 0.408 e. The molecule has 2 atom stereocenters. The Morgan fingerprint density at radius 2 is 1.72 bits per heavy atom. The minimum absolute atomic E-state index is 0.143. The van der Waals surface area contributed by atoms with Crippen molar-refractivity contribution in [2.75, 3.05) is 18.4 Å². The van der Waals surface area contributed by atoms with Crippen molar-refractivity contribution >= 4 is 88.5 Å². The van der Waals surface area contributed by atoms with Gasteiger partial charge >= 0.3 is 6.09 Å². The molecule has 2 fully saturated rings. The number of nitrogens with one attached hydrogen (secondary N) is 3. The summed E-state index contributed by atoms with van der Waals surface area (Å²) in [5.41, 5.74) is 5.38. The quantitative estimate of drug-likeness (QED) is 0.149. The maximum Gasteiger partial charge on any atom is 0.408 e. The van der Waals surface area contributed by atoms with Gasteiger partial charge in [0.1, 0.15) is 33.7 Å². The average Bonchev–Trinajstić information content (AvgIpc) is 3.45. The third-order valence-corrected chi connectivity index (χ3v) is 9.56. The molecule has 15 heteroatoms. The molecule has 0 saturated carbocycles. The Kier molecular flexibility index (Phi) is 7.97. The minimum atomic E-state index is -1.26. The molecule has 2 saturated heterocycles. The lowest BCUT2D eigenvalue weighted by molar-refractivity contribution is -0.146. The zero-order valence-electron chi connectivity index (χ0n) is 25.0. The fraction of sp³-hybridized carbons (Fsp3) is 0.323. The van der Waals surface area contributed by atoms with Crippen LogP contribution in [-0.2, 0) is 4.79 Å². The normalized spacial score (nSPS) is 19.3. The number of hydrogen-bond acceptors (Lipinski definition) is 8. The third kappa shape index (κ3) is 5.25. The molecule has 5 heterocycles. The SMILES string of the molecule is CC(C)(C)C1(C(=O)Nc2c(C(N)=O)oc3ccc(Br)cc23)CCN1C(=O)O.O=c1[nH]c([C@@H]2CCN2)nc2c1oc1ccc(Br)cc12. The number of halogens is 2. The Morgan fingerprint density at radius 3 is 2.24 bits per heavy atom. The van der Waals surface area contributed by atoms with Crippen LogP contribution in [0.5, 0.6) is 0 Å². The van der Waals surface area contributed by atoms with Crippen LogP contribution in [0.2, 0.25) is 0 Å². The molecule has 0 bridgehead atoms. The predicted octanol–water partition coefficient (Wildman–Crippen LogP) is 5.87. The lowest BCUT2D eigenvalue weighted by Crippen LogP contribution is -2.73. The van der Waals surface area contributed by atoms with E-state index in [4.69, 9.17) is 14.6 Å². The Balaban J connectivity index is 0.000000171. The number of hydrogen-bond donors (Lipinski definition) is 5. The van der Waals surface area contributed by atoms with E-state index in [0.29, 0.717) is 34.3 Å². The number of aromatic nitrogens is 2. The summed E-state index contributed by atoms with van der Waals surface area (Å²) < 4.78 is 12.7. The largest absolute Gasteiger partial charge is 0.465 e. The number of H-pyrrole nitrogens is 1. The van der Waals surface area contributed by atoms with E-state index in [-0.39, 0.29) is 35.2 Å². The van der Waals surface area contributed by atoms with Crippen molar-refractivity contribution in [3.63, 3.8) is 0 Å². The molecule has 0 spiro atoms. The van der Waals surface area contributed by atoms with Crippen molar-refractivity contribution in [1.29, 1.82) is 0 Å². The highest BCUT2D eigenvalue weighted by Crippen LogP contribution is 2.47. The minimum Gasteiger partial charge on any atom is -0.465 e. The number of nitrogens with zero attached hydrogens (tertiary/aromatic N) is 2. The number of benzene rings is 2. The summed E-state index contributed by atoms with van der Waals surface area (Å²) >= 11 is 6.77. The van der Waals surface area contributed by atoms with Crippen molar-refractivity contribution in [3.8, 4) is 0 Å². The third-order valence-electron chi connectivity index (χ3n) is 8.58. The molecule has 0 aliphatic carbocycles. The van der Waals surface area contributed by atoms with Gasteiger partial charge in [-0.05, 0) is 61.2 Å². The van der Waals surface area contributed by atoms with E-state index in [2.05, 4.69) is 52.5 Å². The first-order valence-electron chi connectivity index (χ1n) is 14.4. The number of rotatable bonds is 4. The van der Waals surface area contributed by atoms with Gasteiger partial charge in [-0.15, -0.1) is 0 Å². The molecule has 3 aromatic heterocycles. The first-order valence-corrected chi connectivity index (χ1v) is 16.0. The van der Waals surface area contributed by atoms with Gasteiger partial charge in [0.25, 0.3) is 17.4 Å². The zero-order valence-corrected chi connectivity index (χ0v) is 28.2. The summed E-state index contributed by atoms with van der Waals surface area (Å²) in [6, 6.07) is 10.9. The maximum atomic E-state index is 13.3. The molecule has 1 unspecified atom stereocenters. The van der Waals surface area contributed by atoms with E-state index < -0.39 is 28.9 Å². The van der Waals surface area contributed by atoms with Crippen molar-refractivity contribution in [2.45, 2.75) is 45.2 Å². The number of anilines is 1. The first-order chi connectivity index (χ1) is 21.7. The Hall–Kier alpha value is -4.21. The van der Waals surface area contributed by atoms with Crippen molar-refractivity contribution in [2.24, 2.45) is 11.1 Å². The van der Waals surface area contributed by atoms with Gasteiger partial charge in [-0.2, -0.15) is 0 Å². The molecule has 5 aromatic rings. The molecule has 6 N–H and O–H groups in total. The summed E-state index contributed by atoms with van der Waals surface area (Å²) in [6.45, 7) is 6.65. The van der Waals surface area contributed by atoms with Crippen LogP contribution in [0, 0.1) is 5.41 Å². The summed E-state index contributed by atoms with van der Waals surface area (Å²) in [7, 11) is 0. The Labute approximate surface area is 278 Å². The van der Waals surface area contributed by atoms with Crippen LogP contribution in [-0.4, -0.2) is 56.5 Å². The number of amides is 3. The first kappa shape index (κ1) is 31.8. The van der Waals surface area contributed by atoms with Crippen molar-refractivity contribution in [1.82, 2.24) is 20.2 Å². The van der Waals surface area contributed by atoms with Gasteiger partial charge in [0.2, 0.25) is 11.3 Å². The van der Waals surface area contributed by atoms with Gasteiger partial charge in [-0.1, -0.05) is 52.6 Å². The molecule has 7 rings (SSSR count). The monoisotopic (exact) mass is 756 g/mol. The van der Waals surface area contributed by atoms with Crippen LogP contribution < -0.4 is 21.9 Å². The van der Waals surface area contributed by atoms with Crippen LogP contribution in [0.15, 0.2) is 59.0 Å². The summed E-state index contributed by atoms with van der Waals surface area (Å²) in [5, 5.41) is 16.8. The average molecular weight is 758 g/mol. The number of primary amides is 1. The molecule has 2 aromatic carbocycles. The predicted molar refractivity (Wildman–Crippen MR) is 178 cm³/mol. The van der Waals surface area contributed by atoms with Gasteiger partial charge < -0.3 is 35.3 Å². The van der Waals surface area contributed by atoms with Crippen LogP contribution in [0.4, 0.5) is 10.5 Å². The van der Waals surface area contributed by atoms with E-state index >= 15 is 0 Å². The molecular formula is C31H30Br2N6O7.